The predicted octanol–water partition coefficient (Wildman–Crippen LogP) is 3.30. The molecular weight excluding hydrogens is 318 g/mol. The number of hydrogen-bond donors (Lipinski definition) is 0. The zero-order valence-corrected chi connectivity index (χ0v) is 15.6. The van der Waals surface area contributed by atoms with E-state index in [0.717, 1.165) is 24.2 Å². The van der Waals surface area contributed by atoms with Crippen LogP contribution in [0.15, 0.2) is 12.1 Å². The van der Waals surface area contributed by atoms with Crippen molar-refractivity contribution in [1.29, 1.82) is 0 Å². The van der Waals surface area contributed by atoms with Gasteiger partial charge in [0.05, 0.1) is 0 Å². The maximum atomic E-state index is 12.3. The van der Waals surface area contributed by atoms with Gasteiger partial charge in [-0.15, -0.1) is 0 Å². The highest BCUT2D eigenvalue weighted by Gasteiger charge is 2.29. The van der Waals surface area contributed by atoms with E-state index in [0.29, 0.717) is 25.9 Å². The number of carbonyl (C=O) groups excluding carboxylic acids is 2. The third-order valence-electron chi connectivity index (χ3n) is 4.70. The monoisotopic (exact) mass is 345 g/mol. The Hall–Kier alpha value is -2.04. The number of ether oxygens (including phenoxy) is 2. The van der Waals surface area contributed by atoms with Gasteiger partial charge >= 0.3 is 6.09 Å². The molecule has 0 aliphatic carbocycles. The second-order valence-electron chi connectivity index (χ2n) is 7.85. The number of amides is 1. The first-order valence-corrected chi connectivity index (χ1v) is 9.09. The lowest BCUT2D eigenvalue weighted by Crippen LogP contribution is -2.38. The van der Waals surface area contributed by atoms with Crippen molar-refractivity contribution in [1.82, 2.24) is 4.90 Å². The van der Waals surface area contributed by atoms with Crippen molar-refractivity contribution >= 4 is 11.9 Å². The average molecular weight is 345 g/mol. The Bertz CT molecular complexity index is 690. The molecule has 0 N–H and O–H groups in total. The van der Waals surface area contributed by atoms with Gasteiger partial charge in [-0.3, -0.25) is 4.79 Å². The molecule has 1 amide bonds. The fraction of sp³-hybridized carbons (Fsp3) is 0.600. The standard InChI is InChI=1S/C20H27NO4/c1-5-17-16(22)11-15-10-13-6-8-21(19(23)25-20(2,3)4)9-7-14(13)12-18(15)24-17/h10,12,17H,5-9,11H2,1-4H3. The van der Waals surface area contributed by atoms with E-state index in [-0.39, 0.29) is 18.0 Å². The van der Waals surface area contributed by atoms with E-state index in [4.69, 9.17) is 9.47 Å². The Kier molecular flexibility index (Phi) is 4.76. The Morgan fingerprint density at radius 2 is 1.84 bits per heavy atom. The first-order chi connectivity index (χ1) is 11.8. The molecule has 25 heavy (non-hydrogen) atoms. The van der Waals surface area contributed by atoms with Gasteiger partial charge in [0, 0.05) is 25.1 Å². The lowest BCUT2D eigenvalue weighted by molar-refractivity contribution is -0.126. The molecule has 3 rings (SSSR count). The second-order valence-corrected chi connectivity index (χ2v) is 7.85. The van der Waals surface area contributed by atoms with E-state index >= 15 is 0 Å². The topological polar surface area (TPSA) is 55.8 Å². The SMILES string of the molecule is CCC1Oc2cc3c(cc2CC1=O)CCN(C(=O)OC(C)(C)C)CC3. The van der Waals surface area contributed by atoms with Gasteiger partial charge < -0.3 is 14.4 Å². The maximum Gasteiger partial charge on any atom is 0.410 e. The normalized spacial score (nSPS) is 20.2. The van der Waals surface area contributed by atoms with Crippen molar-refractivity contribution in [2.45, 2.75) is 65.1 Å². The first kappa shape index (κ1) is 17.8. The summed E-state index contributed by atoms with van der Waals surface area (Å²) in [7, 11) is 0. The Morgan fingerprint density at radius 3 is 2.44 bits per heavy atom. The highest BCUT2D eigenvalue weighted by atomic mass is 16.6. The van der Waals surface area contributed by atoms with E-state index < -0.39 is 5.60 Å². The van der Waals surface area contributed by atoms with Crippen LogP contribution in [0.1, 0.15) is 50.8 Å². The van der Waals surface area contributed by atoms with Crippen molar-refractivity contribution in [2.24, 2.45) is 0 Å². The molecular formula is C20H27NO4. The molecule has 2 aliphatic heterocycles. The van der Waals surface area contributed by atoms with Crippen LogP contribution in [0.3, 0.4) is 0 Å². The zero-order chi connectivity index (χ0) is 18.2. The van der Waals surface area contributed by atoms with Crippen LogP contribution in [-0.2, 0) is 28.8 Å². The van der Waals surface area contributed by atoms with E-state index in [2.05, 4.69) is 12.1 Å². The summed E-state index contributed by atoms with van der Waals surface area (Å²) in [5.74, 6) is 0.981. The van der Waals surface area contributed by atoms with Gasteiger partial charge in [0.25, 0.3) is 0 Å². The minimum Gasteiger partial charge on any atom is -0.482 e. The molecule has 0 fully saturated rings. The van der Waals surface area contributed by atoms with Gasteiger partial charge in [0.2, 0.25) is 0 Å². The third kappa shape index (κ3) is 3.97. The number of hydrogen-bond acceptors (Lipinski definition) is 4. The molecule has 0 aromatic heterocycles. The second kappa shape index (κ2) is 6.70. The summed E-state index contributed by atoms with van der Waals surface area (Å²) in [5.41, 5.74) is 2.89. The molecule has 0 radical (unpaired) electrons. The Balaban J connectivity index is 1.77. The number of nitrogens with zero attached hydrogens (tertiary/aromatic N) is 1. The Morgan fingerprint density at radius 1 is 1.20 bits per heavy atom. The van der Waals surface area contributed by atoms with Crippen LogP contribution >= 0.6 is 0 Å². The minimum atomic E-state index is -0.487. The summed E-state index contributed by atoms with van der Waals surface area (Å²) in [4.78, 5) is 26.2. The largest absolute Gasteiger partial charge is 0.482 e. The average Bonchev–Trinajstić information content (AvgIpc) is 2.72. The summed E-state index contributed by atoms with van der Waals surface area (Å²) in [5, 5.41) is 0. The Labute approximate surface area is 149 Å². The van der Waals surface area contributed by atoms with Gasteiger partial charge in [0.15, 0.2) is 11.9 Å². The molecule has 1 atom stereocenters. The number of rotatable bonds is 1. The molecule has 1 unspecified atom stereocenters. The quantitative estimate of drug-likeness (QED) is 0.784. The van der Waals surface area contributed by atoms with Gasteiger partial charge in [-0.1, -0.05) is 13.0 Å². The van der Waals surface area contributed by atoms with E-state index in [9.17, 15) is 9.59 Å². The maximum absolute atomic E-state index is 12.3. The number of ketones is 1. The molecule has 5 nitrogen and oxygen atoms in total. The molecule has 2 aliphatic rings. The van der Waals surface area contributed by atoms with Gasteiger partial charge in [-0.25, -0.2) is 4.79 Å². The van der Waals surface area contributed by atoms with Crippen LogP contribution in [0.5, 0.6) is 5.75 Å². The van der Waals surface area contributed by atoms with Crippen LogP contribution < -0.4 is 4.74 Å². The van der Waals surface area contributed by atoms with E-state index in [1.165, 1.54) is 11.1 Å². The van der Waals surface area contributed by atoms with Crippen LogP contribution in [-0.4, -0.2) is 41.6 Å². The molecule has 0 saturated heterocycles. The predicted molar refractivity (Wildman–Crippen MR) is 95.1 cm³/mol. The summed E-state index contributed by atoms with van der Waals surface area (Å²) >= 11 is 0. The molecule has 1 aromatic rings. The van der Waals surface area contributed by atoms with Crippen LogP contribution in [0.2, 0.25) is 0 Å². The summed E-state index contributed by atoms with van der Waals surface area (Å²) in [6.45, 7) is 8.87. The van der Waals surface area contributed by atoms with E-state index in [1.54, 1.807) is 4.90 Å². The van der Waals surface area contributed by atoms with Crippen molar-refractivity contribution in [3.05, 3.63) is 28.8 Å². The van der Waals surface area contributed by atoms with Crippen molar-refractivity contribution in [3.63, 3.8) is 0 Å². The molecule has 0 bridgehead atoms. The highest BCUT2D eigenvalue weighted by Crippen LogP contribution is 2.32. The van der Waals surface area contributed by atoms with Gasteiger partial charge in [-0.2, -0.15) is 0 Å². The molecule has 5 heteroatoms. The summed E-state index contributed by atoms with van der Waals surface area (Å²) in [6, 6.07) is 4.16. The fourth-order valence-electron chi connectivity index (χ4n) is 3.39. The van der Waals surface area contributed by atoms with Crippen molar-refractivity contribution in [3.8, 4) is 5.75 Å². The zero-order valence-electron chi connectivity index (χ0n) is 15.6. The first-order valence-electron chi connectivity index (χ1n) is 9.09. The third-order valence-corrected chi connectivity index (χ3v) is 4.70. The molecule has 2 heterocycles. The van der Waals surface area contributed by atoms with Crippen LogP contribution in [0.4, 0.5) is 4.79 Å². The van der Waals surface area contributed by atoms with Crippen molar-refractivity contribution < 1.29 is 19.1 Å². The fourth-order valence-corrected chi connectivity index (χ4v) is 3.39. The number of carbonyl (C=O) groups is 2. The molecule has 136 valence electrons. The smallest absolute Gasteiger partial charge is 0.410 e. The minimum absolute atomic E-state index is 0.152. The summed E-state index contributed by atoms with van der Waals surface area (Å²) in [6.07, 6.45) is 2.10. The number of fused-ring (bicyclic) bond motifs is 2. The highest BCUT2D eigenvalue weighted by molar-refractivity contribution is 5.87. The molecule has 0 saturated carbocycles. The summed E-state index contributed by atoms with van der Waals surface area (Å²) < 4.78 is 11.4. The lowest BCUT2D eigenvalue weighted by Gasteiger charge is -2.26. The van der Waals surface area contributed by atoms with Crippen LogP contribution in [0, 0.1) is 0 Å². The number of benzene rings is 1. The van der Waals surface area contributed by atoms with E-state index in [1.807, 2.05) is 27.7 Å². The van der Waals surface area contributed by atoms with Crippen LogP contribution in [0.25, 0.3) is 0 Å². The van der Waals surface area contributed by atoms with Gasteiger partial charge in [0.1, 0.15) is 11.4 Å². The molecule has 0 spiro atoms. The number of Topliss-reactive ketones (excluding diaryl/α,β-unsaturated/α-hetero) is 1. The van der Waals surface area contributed by atoms with Gasteiger partial charge in [-0.05, 0) is 57.2 Å². The molecule has 1 aromatic carbocycles. The van der Waals surface area contributed by atoms with Crippen molar-refractivity contribution in [2.75, 3.05) is 13.1 Å². The lowest BCUT2D eigenvalue weighted by atomic mass is 9.93.